The quantitative estimate of drug-likeness (QED) is 0.279. The molecule has 0 aliphatic heterocycles. The van der Waals surface area contributed by atoms with E-state index in [0.29, 0.717) is 24.0 Å². The van der Waals surface area contributed by atoms with Crippen molar-refractivity contribution in [3.8, 4) is 0 Å². The minimum Gasteiger partial charge on any atom is -0.490 e. The molecule has 0 bridgehead atoms. The first-order valence-electron chi connectivity index (χ1n) is 15.3. The Bertz CT molecular complexity index is 909. The van der Waals surface area contributed by atoms with Crippen molar-refractivity contribution in [1.82, 2.24) is 0 Å². The summed E-state index contributed by atoms with van der Waals surface area (Å²) in [6.07, 6.45) is 9.53. The molecule has 4 rings (SSSR count). The Labute approximate surface area is 232 Å². The standard InChI is InChI=1S/C36H50O2/c1-25(2)28-16-20-30(21-17-28)27(5)38-36(33-14-10-7-11-15-33)34(31-12-8-6-9-13-31)24-35(37)32-22-18-29(19-23-32)26(3)4/h6-15,25-26,28-30,32,34,36H,5,16-24H2,1-4H3/t28?,29?,30?,32?,34-,36-/m1/s1. The highest BCUT2D eigenvalue weighted by Gasteiger charge is 2.35. The Morgan fingerprint density at radius 1 is 0.711 bits per heavy atom. The fraction of sp³-hybridized carbons (Fsp3) is 0.583. The zero-order chi connectivity index (χ0) is 27.1. The number of hydrogen-bond donors (Lipinski definition) is 0. The number of Topliss-reactive ketones (excluding diaryl/α,β-unsaturated/α-hetero) is 1. The summed E-state index contributed by atoms with van der Waals surface area (Å²) < 4.78 is 6.88. The van der Waals surface area contributed by atoms with Crippen molar-refractivity contribution >= 4 is 5.78 Å². The number of benzene rings is 2. The molecule has 0 saturated heterocycles. The summed E-state index contributed by atoms with van der Waals surface area (Å²) in [5.41, 5.74) is 2.32. The van der Waals surface area contributed by atoms with Gasteiger partial charge < -0.3 is 4.74 Å². The number of ketones is 1. The predicted molar refractivity (Wildman–Crippen MR) is 159 cm³/mol. The van der Waals surface area contributed by atoms with Gasteiger partial charge in [0.15, 0.2) is 0 Å². The zero-order valence-electron chi connectivity index (χ0n) is 24.3. The first-order chi connectivity index (χ1) is 18.3. The second-order valence-electron chi connectivity index (χ2n) is 12.8. The lowest BCUT2D eigenvalue weighted by atomic mass is 9.73. The van der Waals surface area contributed by atoms with Gasteiger partial charge in [0.1, 0.15) is 11.9 Å². The van der Waals surface area contributed by atoms with Crippen LogP contribution in [0.5, 0.6) is 0 Å². The lowest BCUT2D eigenvalue weighted by molar-refractivity contribution is -0.125. The fourth-order valence-electron chi connectivity index (χ4n) is 6.98. The second kappa shape index (κ2) is 13.6. The Morgan fingerprint density at radius 2 is 1.16 bits per heavy atom. The molecule has 0 unspecified atom stereocenters. The zero-order valence-corrected chi connectivity index (χ0v) is 24.3. The van der Waals surface area contributed by atoms with E-state index in [9.17, 15) is 4.79 Å². The summed E-state index contributed by atoms with van der Waals surface area (Å²) in [5.74, 6) is 4.89. The van der Waals surface area contributed by atoms with Crippen LogP contribution in [0.3, 0.4) is 0 Å². The van der Waals surface area contributed by atoms with Crippen molar-refractivity contribution in [2.75, 3.05) is 0 Å². The summed E-state index contributed by atoms with van der Waals surface area (Å²) in [5, 5.41) is 0. The van der Waals surface area contributed by atoms with E-state index in [-0.39, 0.29) is 17.9 Å². The lowest BCUT2D eigenvalue weighted by Crippen LogP contribution is -2.27. The second-order valence-corrected chi connectivity index (χ2v) is 12.8. The van der Waals surface area contributed by atoms with E-state index in [4.69, 9.17) is 4.74 Å². The van der Waals surface area contributed by atoms with Crippen LogP contribution in [0.15, 0.2) is 73.0 Å². The van der Waals surface area contributed by atoms with E-state index in [1.807, 2.05) is 0 Å². The van der Waals surface area contributed by atoms with Gasteiger partial charge in [-0.25, -0.2) is 0 Å². The lowest BCUT2D eigenvalue weighted by Gasteiger charge is -2.36. The first kappa shape index (κ1) is 28.7. The summed E-state index contributed by atoms with van der Waals surface area (Å²) >= 11 is 0. The minimum atomic E-state index is -0.218. The van der Waals surface area contributed by atoms with Crippen molar-refractivity contribution in [1.29, 1.82) is 0 Å². The smallest absolute Gasteiger partial charge is 0.136 e. The third kappa shape index (κ3) is 7.39. The first-order valence-corrected chi connectivity index (χ1v) is 15.3. The topological polar surface area (TPSA) is 26.3 Å². The SMILES string of the molecule is C=C(O[C@H](c1ccccc1)[C@H](CC(=O)C1CCC(C(C)C)CC1)c1ccccc1)C1CCC(C(C)C)CC1. The van der Waals surface area contributed by atoms with Crippen LogP contribution in [-0.2, 0) is 9.53 Å². The third-order valence-electron chi connectivity index (χ3n) is 9.76. The normalized spacial score (nSPS) is 25.6. The van der Waals surface area contributed by atoms with Crippen LogP contribution >= 0.6 is 0 Å². The molecule has 2 aromatic carbocycles. The molecule has 0 spiro atoms. The van der Waals surface area contributed by atoms with Crippen molar-refractivity contribution in [2.24, 2.45) is 35.5 Å². The van der Waals surface area contributed by atoms with E-state index < -0.39 is 0 Å². The molecule has 38 heavy (non-hydrogen) atoms. The van der Waals surface area contributed by atoms with Crippen molar-refractivity contribution in [3.05, 3.63) is 84.1 Å². The molecule has 0 amide bonds. The van der Waals surface area contributed by atoms with Gasteiger partial charge in [-0.3, -0.25) is 4.79 Å². The van der Waals surface area contributed by atoms with Gasteiger partial charge in [-0.05, 0) is 86.2 Å². The monoisotopic (exact) mass is 514 g/mol. The van der Waals surface area contributed by atoms with Crippen LogP contribution in [0.4, 0.5) is 0 Å². The maximum absolute atomic E-state index is 13.8. The molecule has 0 aromatic heterocycles. The largest absolute Gasteiger partial charge is 0.490 e. The Hall–Kier alpha value is -2.35. The van der Waals surface area contributed by atoms with E-state index in [1.54, 1.807) is 0 Å². The molecule has 2 aliphatic carbocycles. The van der Waals surface area contributed by atoms with Crippen molar-refractivity contribution < 1.29 is 9.53 Å². The maximum atomic E-state index is 13.8. The molecule has 0 N–H and O–H groups in total. The molecule has 2 aromatic rings. The number of hydrogen-bond acceptors (Lipinski definition) is 2. The highest BCUT2D eigenvalue weighted by molar-refractivity contribution is 5.82. The molecule has 2 aliphatic rings. The fourth-order valence-corrected chi connectivity index (χ4v) is 6.98. The molecule has 0 heterocycles. The van der Waals surface area contributed by atoms with E-state index >= 15 is 0 Å². The van der Waals surface area contributed by atoms with Crippen LogP contribution < -0.4 is 0 Å². The van der Waals surface area contributed by atoms with Gasteiger partial charge >= 0.3 is 0 Å². The molecule has 206 valence electrons. The number of carbonyl (C=O) groups is 1. The number of carbonyl (C=O) groups excluding carboxylic acids is 1. The summed E-state index contributed by atoms with van der Waals surface area (Å²) in [7, 11) is 0. The summed E-state index contributed by atoms with van der Waals surface area (Å²) in [6.45, 7) is 13.8. The van der Waals surface area contributed by atoms with Gasteiger partial charge in [-0.15, -0.1) is 0 Å². The van der Waals surface area contributed by atoms with Gasteiger partial charge in [0, 0.05) is 24.2 Å². The van der Waals surface area contributed by atoms with Gasteiger partial charge in [0.2, 0.25) is 0 Å². The Morgan fingerprint density at radius 3 is 1.63 bits per heavy atom. The molecule has 2 saturated carbocycles. The molecule has 0 radical (unpaired) electrons. The van der Waals surface area contributed by atoms with E-state index in [0.717, 1.165) is 54.8 Å². The number of rotatable bonds is 11. The molecular formula is C36H50O2. The van der Waals surface area contributed by atoms with Gasteiger partial charge in [0.25, 0.3) is 0 Å². The molecule has 2 fully saturated rings. The molecule has 2 atom stereocenters. The molecule has 2 heteroatoms. The van der Waals surface area contributed by atoms with E-state index in [1.165, 1.54) is 31.2 Å². The summed E-state index contributed by atoms with van der Waals surface area (Å²) in [6, 6.07) is 21.1. The Kier molecular flexibility index (Phi) is 10.3. The van der Waals surface area contributed by atoms with Gasteiger partial charge in [-0.2, -0.15) is 0 Å². The van der Waals surface area contributed by atoms with Crippen LogP contribution in [0.25, 0.3) is 0 Å². The van der Waals surface area contributed by atoms with Crippen molar-refractivity contribution in [3.63, 3.8) is 0 Å². The van der Waals surface area contributed by atoms with Crippen molar-refractivity contribution in [2.45, 2.75) is 97.5 Å². The molecule has 2 nitrogen and oxygen atoms in total. The van der Waals surface area contributed by atoms with Gasteiger partial charge in [-0.1, -0.05) is 94.9 Å². The highest BCUT2D eigenvalue weighted by Crippen LogP contribution is 2.44. The Balaban J connectivity index is 1.55. The highest BCUT2D eigenvalue weighted by atomic mass is 16.5. The maximum Gasteiger partial charge on any atom is 0.136 e. The van der Waals surface area contributed by atoms with Crippen LogP contribution in [0.2, 0.25) is 0 Å². The van der Waals surface area contributed by atoms with Crippen LogP contribution in [0.1, 0.15) is 109 Å². The van der Waals surface area contributed by atoms with Gasteiger partial charge in [0.05, 0.1) is 5.76 Å². The number of allylic oxidation sites excluding steroid dienone is 1. The average molecular weight is 515 g/mol. The predicted octanol–water partition coefficient (Wildman–Crippen LogP) is 9.93. The number of ether oxygens (including phenoxy) is 1. The molecular weight excluding hydrogens is 464 g/mol. The average Bonchev–Trinajstić information content (AvgIpc) is 2.95. The summed E-state index contributed by atoms with van der Waals surface area (Å²) in [4.78, 5) is 13.8. The van der Waals surface area contributed by atoms with Crippen LogP contribution in [0, 0.1) is 35.5 Å². The van der Waals surface area contributed by atoms with Crippen LogP contribution in [-0.4, -0.2) is 5.78 Å². The van der Waals surface area contributed by atoms with E-state index in [2.05, 4.69) is 94.9 Å². The third-order valence-corrected chi connectivity index (χ3v) is 9.76. The minimum absolute atomic E-state index is 0.0299.